The van der Waals surface area contributed by atoms with Crippen LogP contribution in [-0.2, 0) is 14.8 Å². The van der Waals surface area contributed by atoms with Crippen LogP contribution < -0.4 is 0 Å². The van der Waals surface area contributed by atoms with Gasteiger partial charge in [-0.15, -0.1) is 0 Å². The SMILES string of the molecule is CC(C(=O)O)N(C)S(=O)(=O)c1ccc(Br)c(Cl)c1Cl. The Morgan fingerprint density at radius 1 is 1.37 bits per heavy atom. The van der Waals surface area contributed by atoms with Crippen molar-refractivity contribution >= 4 is 55.1 Å². The van der Waals surface area contributed by atoms with Gasteiger partial charge in [-0.2, -0.15) is 4.31 Å². The summed E-state index contributed by atoms with van der Waals surface area (Å²) in [6.45, 7) is 1.26. The maximum Gasteiger partial charge on any atom is 0.321 e. The van der Waals surface area contributed by atoms with Crippen molar-refractivity contribution in [2.24, 2.45) is 0 Å². The molecule has 0 radical (unpaired) electrons. The predicted molar refractivity (Wildman–Crippen MR) is 76.2 cm³/mol. The summed E-state index contributed by atoms with van der Waals surface area (Å²) in [6, 6.07) is 1.47. The van der Waals surface area contributed by atoms with Crippen LogP contribution in [0.25, 0.3) is 0 Å². The van der Waals surface area contributed by atoms with Gasteiger partial charge in [0.1, 0.15) is 10.9 Å². The average Bonchev–Trinajstić information content (AvgIpc) is 2.33. The Morgan fingerprint density at radius 3 is 2.37 bits per heavy atom. The third-order valence-corrected chi connectivity index (χ3v) is 6.41. The summed E-state index contributed by atoms with van der Waals surface area (Å²) in [7, 11) is -2.87. The quantitative estimate of drug-likeness (QED) is 0.802. The topological polar surface area (TPSA) is 74.7 Å². The van der Waals surface area contributed by atoms with Crippen LogP contribution in [0, 0.1) is 0 Å². The lowest BCUT2D eigenvalue weighted by atomic mass is 10.4. The number of carbonyl (C=O) groups is 1. The molecule has 1 aromatic rings. The van der Waals surface area contributed by atoms with Crippen molar-refractivity contribution in [2.75, 3.05) is 7.05 Å². The fourth-order valence-electron chi connectivity index (χ4n) is 1.23. The minimum Gasteiger partial charge on any atom is -0.480 e. The van der Waals surface area contributed by atoms with Gasteiger partial charge in [-0.25, -0.2) is 8.42 Å². The van der Waals surface area contributed by atoms with Gasteiger partial charge < -0.3 is 5.11 Å². The van der Waals surface area contributed by atoms with Crippen LogP contribution in [0.4, 0.5) is 0 Å². The second kappa shape index (κ2) is 5.97. The Balaban J connectivity index is 3.37. The summed E-state index contributed by atoms with van der Waals surface area (Å²) >= 11 is 14.9. The Bertz CT molecular complexity index is 620. The van der Waals surface area contributed by atoms with E-state index in [1.807, 2.05) is 0 Å². The standard InChI is InChI=1S/C10H10BrCl2NO4S/c1-5(10(15)16)14(2)19(17,18)7-4-3-6(11)8(12)9(7)13/h3-5H,1-2H3,(H,15,16). The van der Waals surface area contributed by atoms with Crippen molar-refractivity contribution in [1.82, 2.24) is 4.31 Å². The molecule has 0 bridgehead atoms. The van der Waals surface area contributed by atoms with E-state index in [9.17, 15) is 13.2 Å². The lowest BCUT2D eigenvalue weighted by molar-refractivity contribution is -0.140. The Morgan fingerprint density at radius 2 is 1.89 bits per heavy atom. The minimum atomic E-state index is -4.04. The Hall–Kier alpha value is -0.340. The molecule has 0 aromatic heterocycles. The molecule has 19 heavy (non-hydrogen) atoms. The van der Waals surface area contributed by atoms with E-state index in [4.69, 9.17) is 28.3 Å². The normalized spacial score (nSPS) is 13.6. The van der Waals surface area contributed by atoms with Crippen LogP contribution in [0.15, 0.2) is 21.5 Å². The number of nitrogens with zero attached hydrogens (tertiary/aromatic N) is 1. The zero-order valence-corrected chi connectivity index (χ0v) is 13.8. The molecule has 9 heteroatoms. The van der Waals surface area contributed by atoms with E-state index < -0.39 is 22.0 Å². The number of hydrogen-bond donors (Lipinski definition) is 1. The van der Waals surface area contributed by atoms with Gasteiger partial charge in [-0.1, -0.05) is 23.2 Å². The predicted octanol–water partition coefficient (Wildman–Crippen LogP) is 2.85. The van der Waals surface area contributed by atoms with Gasteiger partial charge >= 0.3 is 5.97 Å². The van der Waals surface area contributed by atoms with E-state index in [2.05, 4.69) is 15.9 Å². The van der Waals surface area contributed by atoms with Crippen molar-refractivity contribution in [1.29, 1.82) is 0 Å². The fraction of sp³-hybridized carbons (Fsp3) is 0.300. The van der Waals surface area contributed by atoms with Gasteiger partial charge in [0.05, 0.1) is 10.0 Å². The number of sulfonamides is 1. The lowest BCUT2D eigenvalue weighted by Gasteiger charge is -2.21. The summed E-state index contributed by atoms with van der Waals surface area (Å²) in [4.78, 5) is 10.6. The number of carboxylic acid groups (broad SMARTS) is 1. The highest BCUT2D eigenvalue weighted by Crippen LogP contribution is 2.36. The molecular weight excluding hydrogens is 381 g/mol. The second-order valence-electron chi connectivity index (χ2n) is 3.71. The molecule has 106 valence electrons. The van der Waals surface area contributed by atoms with E-state index in [0.29, 0.717) is 4.47 Å². The van der Waals surface area contributed by atoms with E-state index in [1.54, 1.807) is 0 Å². The number of aliphatic carboxylic acids is 1. The monoisotopic (exact) mass is 389 g/mol. The molecule has 0 saturated carbocycles. The number of likely N-dealkylation sites (N-methyl/N-ethyl adjacent to an activating group) is 1. The number of benzene rings is 1. The number of carboxylic acids is 1. The maximum atomic E-state index is 12.3. The summed E-state index contributed by atoms with van der Waals surface area (Å²) in [6.07, 6.45) is 0. The van der Waals surface area contributed by atoms with Crippen LogP contribution in [0.3, 0.4) is 0 Å². The van der Waals surface area contributed by atoms with Crippen molar-refractivity contribution in [2.45, 2.75) is 17.9 Å². The van der Waals surface area contributed by atoms with Crippen LogP contribution >= 0.6 is 39.1 Å². The van der Waals surface area contributed by atoms with Gasteiger partial charge in [0.25, 0.3) is 0 Å². The van der Waals surface area contributed by atoms with Crippen LogP contribution in [0.1, 0.15) is 6.92 Å². The first-order valence-electron chi connectivity index (χ1n) is 4.95. The molecular formula is C10H10BrCl2NO4S. The van der Waals surface area contributed by atoms with Crippen LogP contribution in [0.2, 0.25) is 10.0 Å². The highest BCUT2D eigenvalue weighted by atomic mass is 79.9. The highest BCUT2D eigenvalue weighted by molar-refractivity contribution is 9.10. The first-order valence-corrected chi connectivity index (χ1v) is 7.94. The van der Waals surface area contributed by atoms with Crippen molar-refractivity contribution in [3.05, 3.63) is 26.7 Å². The molecule has 1 unspecified atom stereocenters. The van der Waals surface area contributed by atoms with Gasteiger partial charge in [0.2, 0.25) is 10.0 Å². The van der Waals surface area contributed by atoms with E-state index in [1.165, 1.54) is 26.1 Å². The fourth-order valence-corrected chi connectivity index (χ4v) is 3.73. The number of halogens is 3. The third-order valence-electron chi connectivity index (χ3n) is 2.56. The minimum absolute atomic E-state index is 0.0547. The van der Waals surface area contributed by atoms with E-state index in [-0.39, 0.29) is 14.9 Å². The maximum absolute atomic E-state index is 12.3. The van der Waals surface area contributed by atoms with E-state index >= 15 is 0 Å². The molecule has 0 aliphatic carbocycles. The molecule has 0 amide bonds. The van der Waals surface area contributed by atoms with Crippen molar-refractivity contribution < 1.29 is 18.3 Å². The molecule has 1 atom stereocenters. The molecule has 5 nitrogen and oxygen atoms in total. The third kappa shape index (κ3) is 3.22. The molecule has 0 spiro atoms. The van der Waals surface area contributed by atoms with Crippen molar-refractivity contribution in [3.63, 3.8) is 0 Å². The molecule has 0 saturated heterocycles. The smallest absolute Gasteiger partial charge is 0.321 e. The summed E-state index contributed by atoms with van der Waals surface area (Å²) in [5, 5.41) is 8.76. The largest absolute Gasteiger partial charge is 0.480 e. The van der Waals surface area contributed by atoms with E-state index in [0.717, 1.165) is 4.31 Å². The van der Waals surface area contributed by atoms with Gasteiger partial charge in [0.15, 0.2) is 0 Å². The molecule has 0 aliphatic heterocycles. The summed E-state index contributed by atoms with van der Waals surface area (Å²) < 4.78 is 25.7. The van der Waals surface area contributed by atoms with Gasteiger partial charge in [-0.3, -0.25) is 4.79 Å². The summed E-state index contributed by atoms with van der Waals surface area (Å²) in [5.41, 5.74) is 0. The second-order valence-corrected chi connectivity index (χ2v) is 7.29. The Kier molecular flexibility index (Phi) is 5.25. The first kappa shape index (κ1) is 16.7. The molecule has 0 aliphatic rings. The zero-order valence-electron chi connectivity index (χ0n) is 9.89. The average molecular weight is 391 g/mol. The molecule has 0 fully saturated rings. The number of hydrogen-bond acceptors (Lipinski definition) is 3. The molecule has 1 N–H and O–H groups in total. The van der Waals surface area contributed by atoms with Crippen LogP contribution in [0.5, 0.6) is 0 Å². The number of rotatable bonds is 4. The molecule has 0 heterocycles. The van der Waals surface area contributed by atoms with Gasteiger partial charge in [0, 0.05) is 11.5 Å². The van der Waals surface area contributed by atoms with Gasteiger partial charge in [-0.05, 0) is 35.0 Å². The summed E-state index contributed by atoms with van der Waals surface area (Å²) in [5.74, 6) is -1.26. The Labute approximate surface area is 129 Å². The molecule has 1 aromatic carbocycles. The first-order chi connectivity index (χ1) is 8.60. The van der Waals surface area contributed by atoms with Crippen molar-refractivity contribution in [3.8, 4) is 0 Å². The lowest BCUT2D eigenvalue weighted by Crippen LogP contribution is -2.40. The molecule has 1 rings (SSSR count). The highest BCUT2D eigenvalue weighted by Gasteiger charge is 2.31. The zero-order chi connectivity index (χ0) is 15.0. The van der Waals surface area contributed by atoms with Crippen LogP contribution in [-0.4, -0.2) is 36.9 Å².